The molecule has 2 rings (SSSR count). The number of amides is 1. The van der Waals surface area contributed by atoms with Crippen molar-refractivity contribution in [2.24, 2.45) is 0 Å². The second-order valence-electron chi connectivity index (χ2n) is 4.14. The normalized spacial score (nSPS) is 14.3. The summed E-state index contributed by atoms with van der Waals surface area (Å²) in [6.45, 7) is 1.23. The Morgan fingerprint density at radius 3 is 3.06 bits per heavy atom. The highest BCUT2D eigenvalue weighted by Gasteiger charge is 2.25. The van der Waals surface area contributed by atoms with Crippen molar-refractivity contribution >= 4 is 11.6 Å². The molecule has 0 unspecified atom stereocenters. The van der Waals surface area contributed by atoms with Gasteiger partial charge in [-0.15, -0.1) is 0 Å². The summed E-state index contributed by atoms with van der Waals surface area (Å²) in [6, 6.07) is 5.37. The molecule has 0 bridgehead atoms. The Morgan fingerprint density at radius 2 is 2.33 bits per heavy atom. The summed E-state index contributed by atoms with van der Waals surface area (Å²) >= 11 is 0. The van der Waals surface area contributed by atoms with Crippen LogP contribution in [0.5, 0.6) is 5.75 Å². The minimum atomic E-state index is -0.0614. The lowest BCUT2D eigenvalue weighted by Gasteiger charge is -2.29. The predicted molar refractivity (Wildman–Crippen MR) is 66.7 cm³/mol. The summed E-state index contributed by atoms with van der Waals surface area (Å²) in [6.07, 6.45) is 0.769. The fourth-order valence-corrected chi connectivity index (χ4v) is 1.96. The van der Waals surface area contributed by atoms with Crippen molar-refractivity contribution in [1.29, 1.82) is 0 Å². The fourth-order valence-electron chi connectivity index (χ4n) is 1.96. The third-order valence-corrected chi connectivity index (χ3v) is 2.88. The summed E-state index contributed by atoms with van der Waals surface area (Å²) in [5, 5.41) is 9.14. The maximum absolute atomic E-state index is 11.8. The second kappa shape index (κ2) is 5.84. The SMILES string of the molecule is COCCCN1C(=O)COc2ccc(CO)cc21. The zero-order valence-corrected chi connectivity index (χ0v) is 10.4. The van der Waals surface area contributed by atoms with E-state index in [9.17, 15) is 4.79 Å². The van der Waals surface area contributed by atoms with E-state index in [0.29, 0.717) is 18.9 Å². The van der Waals surface area contributed by atoms with Gasteiger partial charge in [0.25, 0.3) is 5.91 Å². The standard InChI is InChI=1S/C13H17NO4/c1-17-6-2-5-14-11-7-10(8-15)3-4-12(11)18-9-13(14)16/h3-4,7,15H,2,5-6,8-9H2,1H3. The minimum absolute atomic E-state index is 0.0482. The van der Waals surface area contributed by atoms with Crippen molar-refractivity contribution in [2.45, 2.75) is 13.0 Å². The first-order chi connectivity index (χ1) is 8.76. The topological polar surface area (TPSA) is 59.0 Å². The number of aliphatic hydroxyl groups excluding tert-OH is 1. The van der Waals surface area contributed by atoms with Crippen molar-refractivity contribution in [2.75, 3.05) is 31.8 Å². The highest BCUT2D eigenvalue weighted by molar-refractivity contribution is 5.97. The number of aliphatic hydroxyl groups is 1. The lowest BCUT2D eigenvalue weighted by Crippen LogP contribution is -2.39. The van der Waals surface area contributed by atoms with Gasteiger partial charge in [-0.05, 0) is 24.1 Å². The number of hydrogen-bond donors (Lipinski definition) is 1. The van der Waals surface area contributed by atoms with E-state index in [1.807, 2.05) is 0 Å². The number of benzene rings is 1. The predicted octanol–water partition coefficient (Wildman–Crippen LogP) is 0.941. The van der Waals surface area contributed by atoms with E-state index in [1.165, 1.54) is 0 Å². The molecular weight excluding hydrogens is 234 g/mol. The average Bonchev–Trinajstić information content (AvgIpc) is 2.41. The Labute approximate surface area is 106 Å². The molecule has 0 radical (unpaired) electrons. The smallest absolute Gasteiger partial charge is 0.265 e. The molecule has 18 heavy (non-hydrogen) atoms. The first-order valence-electron chi connectivity index (χ1n) is 5.92. The van der Waals surface area contributed by atoms with Gasteiger partial charge in [-0.25, -0.2) is 0 Å². The van der Waals surface area contributed by atoms with Crippen molar-refractivity contribution in [3.8, 4) is 5.75 Å². The van der Waals surface area contributed by atoms with Crippen LogP contribution in [0.15, 0.2) is 18.2 Å². The van der Waals surface area contributed by atoms with Gasteiger partial charge in [0.05, 0.1) is 12.3 Å². The van der Waals surface area contributed by atoms with Crippen LogP contribution in [0.2, 0.25) is 0 Å². The number of rotatable bonds is 5. The van der Waals surface area contributed by atoms with Gasteiger partial charge in [-0.2, -0.15) is 0 Å². The first-order valence-corrected chi connectivity index (χ1v) is 5.92. The molecule has 1 aromatic rings. The van der Waals surface area contributed by atoms with E-state index in [2.05, 4.69) is 0 Å². The summed E-state index contributed by atoms with van der Waals surface area (Å²) < 4.78 is 10.4. The van der Waals surface area contributed by atoms with Crippen molar-refractivity contribution in [1.82, 2.24) is 0 Å². The molecule has 0 fully saturated rings. The van der Waals surface area contributed by atoms with E-state index >= 15 is 0 Å². The van der Waals surface area contributed by atoms with E-state index in [0.717, 1.165) is 17.7 Å². The number of carbonyl (C=O) groups excluding carboxylic acids is 1. The molecular formula is C13H17NO4. The highest BCUT2D eigenvalue weighted by Crippen LogP contribution is 2.33. The van der Waals surface area contributed by atoms with Crippen molar-refractivity contribution < 1.29 is 19.4 Å². The molecule has 0 spiro atoms. The van der Waals surface area contributed by atoms with E-state index in [-0.39, 0.29) is 19.1 Å². The Balaban J connectivity index is 2.21. The minimum Gasteiger partial charge on any atom is -0.482 e. The molecule has 0 aromatic heterocycles. The first kappa shape index (κ1) is 12.9. The molecule has 1 aliphatic heterocycles. The van der Waals surface area contributed by atoms with Gasteiger partial charge in [0, 0.05) is 20.3 Å². The molecule has 0 saturated heterocycles. The van der Waals surface area contributed by atoms with Crippen LogP contribution < -0.4 is 9.64 Å². The molecule has 0 saturated carbocycles. The molecule has 1 amide bonds. The molecule has 98 valence electrons. The summed E-state index contributed by atoms with van der Waals surface area (Å²) in [5.74, 6) is 0.623. The van der Waals surface area contributed by atoms with Crippen LogP contribution in [0.25, 0.3) is 0 Å². The molecule has 1 heterocycles. The van der Waals surface area contributed by atoms with Crippen LogP contribution >= 0.6 is 0 Å². The Bertz CT molecular complexity index is 433. The zero-order chi connectivity index (χ0) is 13.0. The zero-order valence-electron chi connectivity index (χ0n) is 10.4. The molecule has 1 aromatic carbocycles. The van der Waals surface area contributed by atoms with Gasteiger partial charge in [-0.3, -0.25) is 4.79 Å². The van der Waals surface area contributed by atoms with Gasteiger partial charge in [0.15, 0.2) is 6.61 Å². The van der Waals surface area contributed by atoms with Crippen LogP contribution in [0.4, 0.5) is 5.69 Å². The highest BCUT2D eigenvalue weighted by atomic mass is 16.5. The number of nitrogens with zero attached hydrogens (tertiary/aromatic N) is 1. The summed E-state index contributed by atoms with van der Waals surface area (Å²) in [4.78, 5) is 13.5. The van der Waals surface area contributed by atoms with Crippen LogP contribution in [0.3, 0.4) is 0 Å². The van der Waals surface area contributed by atoms with Crippen LogP contribution in [-0.4, -0.2) is 37.9 Å². The van der Waals surface area contributed by atoms with Gasteiger partial charge < -0.3 is 19.5 Å². The monoisotopic (exact) mass is 251 g/mol. The van der Waals surface area contributed by atoms with E-state index in [4.69, 9.17) is 14.6 Å². The maximum Gasteiger partial charge on any atom is 0.265 e. The van der Waals surface area contributed by atoms with Gasteiger partial charge in [-0.1, -0.05) is 6.07 Å². The van der Waals surface area contributed by atoms with E-state index in [1.54, 1.807) is 30.2 Å². The van der Waals surface area contributed by atoms with Gasteiger partial charge in [0.1, 0.15) is 5.75 Å². The quantitative estimate of drug-likeness (QED) is 0.791. The number of anilines is 1. The fraction of sp³-hybridized carbons (Fsp3) is 0.462. The lowest BCUT2D eigenvalue weighted by molar-refractivity contribution is -0.121. The molecule has 0 atom stereocenters. The molecule has 1 aliphatic rings. The van der Waals surface area contributed by atoms with Crippen LogP contribution in [-0.2, 0) is 16.1 Å². The van der Waals surface area contributed by atoms with Crippen molar-refractivity contribution in [3.05, 3.63) is 23.8 Å². The third-order valence-electron chi connectivity index (χ3n) is 2.88. The number of methoxy groups -OCH3 is 1. The molecule has 0 aliphatic carbocycles. The number of fused-ring (bicyclic) bond motifs is 1. The molecule has 5 nitrogen and oxygen atoms in total. The van der Waals surface area contributed by atoms with Crippen LogP contribution in [0.1, 0.15) is 12.0 Å². The van der Waals surface area contributed by atoms with Gasteiger partial charge in [0.2, 0.25) is 0 Å². The third kappa shape index (κ3) is 2.63. The van der Waals surface area contributed by atoms with Gasteiger partial charge >= 0.3 is 0 Å². The Hall–Kier alpha value is -1.59. The number of hydrogen-bond acceptors (Lipinski definition) is 4. The van der Waals surface area contributed by atoms with Crippen LogP contribution in [0, 0.1) is 0 Å². The van der Waals surface area contributed by atoms with E-state index < -0.39 is 0 Å². The summed E-state index contributed by atoms with van der Waals surface area (Å²) in [7, 11) is 1.64. The number of carbonyl (C=O) groups is 1. The number of ether oxygens (including phenoxy) is 2. The molecule has 1 N–H and O–H groups in total. The second-order valence-corrected chi connectivity index (χ2v) is 4.14. The largest absolute Gasteiger partial charge is 0.482 e. The average molecular weight is 251 g/mol. The lowest BCUT2D eigenvalue weighted by atomic mass is 10.1. The summed E-state index contributed by atoms with van der Waals surface area (Å²) in [5.41, 5.74) is 1.50. The Kier molecular flexibility index (Phi) is 4.17. The molecule has 5 heteroatoms. The van der Waals surface area contributed by atoms with Crippen molar-refractivity contribution in [3.63, 3.8) is 0 Å². The maximum atomic E-state index is 11.8. The Morgan fingerprint density at radius 1 is 1.50 bits per heavy atom.